The van der Waals surface area contributed by atoms with Crippen LogP contribution in [0.1, 0.15) is 31.2 Å². The average Bonchev–Trinajstić information content (AvgIpc) is 2.39. The molecule has 2 rings (SSSR count). The summed E-state index contributed by atoms with van der Waals surface area (Å²) in [6.07, 6.45) is 4.96. The highest BCUT2D eigenvalue weighted by atomic mass is 16.5. The van der Waals surface area contributed by atoms with Crippen LogP contribution in [0.25, 0.3) is 0 Å². The second kappa shape index (κ2) is 5.70. The monoisotopic (exact) mass is 230 g/mol. The van der Waals surface area contributed by atoms with Crippen LogP contribution >= 0.6 is 0 Å². The van der Waals surface area contributed by atoms with Crippen molar-refractivity contribution in [3.63, 3.8) is 0 Å². The Balaban J connectivity index is 1.98. The third-order valence-electron chi connectivity index (χ3n) is 3.32. The number of methoxy groups -OCH3 is 1. The van der Waals surface area contributed by atoms with Crippen molar-refractivity contribution in [3.05, 3.63) is 29.8 Å². The fraction of sp³-hybridized carbons (Fsp3) is 0.500. The van der Waals surface area contributed by atoms with Crippen molar-refractivity contribution in [3.8, 4) is 6.07 Å². The Morgan fingerprint density at radius 1 is 1.41 bits per heavy atom. The number of nitrogens with one attached hydrogen (secondary N) is 1. The van der Waals surface area contributed by atoms with E-state index in [4.69, 9.17) is 10.00 Å². The average molecular weight is 230 g/mol. The SMILES string of the molecule is COC1CCCC(Nc2cccc(C#N)c2)C1. The van der Waals surface area contributed by atoms with E-state index in [0.717, 1.165) is 18.5 Å². The van der Waals surface area contributed by atoms with Crippen LogP contribution in [0.2, 0.25) is 0 Å². The lowest BCUT2D eigenvalue weighted by molar-refractivity contribution is 0.0669. The third kappa shape index (κ3) is 3.21. The van der Waals surface area contributed by atoms with Gasteiger partial charge in [0, 0.05) is 18.8 Å². The predicted octanol–water partition coefficient (Wildman–Crippen LogP) is 2.93. The zero-order valence-electron chi connectivity index (χ0n) is 10.1. The molecule has 2 atom stereocenters. The summed E-state index contributed by atoms with van der Waals surface area (Å²) in [5.41, 5.74) is 1.74. The lowest BCUT2D eigenvalue weighted by Crippen LogP contribution is -2.30. The topological polar surface area (TPSA) is 45.0 Å². The van der Waals surface area contributed by atoms with Crippen molar-refractivity contribution in [1.82, 2.24) is 0 Å². The highest BCUT2D eigenvalue weighted by molar-refractivity contribution is 5.49. The quantitative estimate of drug-likeness (QED) is 0.868. The third-order valence-corrected chi connectivity index (χ3v) is 3.32. The Hall–Kier alpha value is -1.53. The van der Waals surface area contributed by atoms with E-state index in [1.807, 2.05) is 24.3 Å². The predicted molar refractivity (Wildman–Crippen MR) is 67.8 cm³/mol. The van der Waals surface area contributed by atoms with Gasteiger partial charge < -0.3 is 10.1 Å². The first-order valence-corrected chi connectivity index (χ1v) is 6.11. The molecule has 0 saturated heterocycles. The summed E-state index contributed by atoms with van der Waals surface area (Å²) in [5, 5.41) is 12.3. The number of benzene rings is 1. The fourth-order valence-electron chi connectivity index (χ4n) is 2.40. The van der Waals surface area contributed by atoms with Crippen LogP contribution in [0.5, 0.6) is 0 Å². The minimum absolute atomic E-state index is 0.375. The largest absolute Gasteiger partial charge is 0.382 e. The Bertz CT molecular complexity index is 411. The number of ether oxygens (including phenoxy) is 1. The summed E-state index contributed by atoms with van der Waals surface area (Å²) >= 11 is 0. The molecular weight excluding hydrogens is 212 g/mol. The second-order valence-electron chi connectivity index (χ2n) is 4.56. The first kappa shape index (κ1) is 11.9. The lowest BCUT2D eigenvalue weighted by Gasteiger charge is -2.29. The minimum atomic E-state index is 0.375. The molecule has 1 aliphatic carbocycles. The molecule has 1 aromatic rings. The summed E-state index contributed by atoms with van der Waals surface area (Å²) in [6.45, 7) is 0. The van der Waals surface area contributed by atoms with E-state index in [2.05, 4.69) is 11.4 Å². The van der Waals surface area contributed by atoms with Gasteiger partial charge in [0.05, 0.1) is 17.7 Å². The van der Waals surface area contributed by atoms with E-state index in [-0.39, 0.29) is 0 Å². The van der Waals surface area contributed by atoms with Crippen molar-refractivity contribution in [2.24, 2.45) is 0 Å². The van der Waals surface area contributed by atoms with Crippen molar-refractivity contribution < 1.29 is 4.74 Å². The van der Waals surface area contributed by atoms with Crippen molar-refractivity contribution >= 4 is 5.69 Å². The molecule has 1 fully saturated rings. The van der Waals surface area contributed by atoms with Gasteiger partial charge in [-0.2, -0.15) is 5.26 Å². The summed E-state index contributed by atoms with van der Waals surface area (Å²) < 4.78 is 5.41. The van der Waals surface area contributed by atoms with Crippen LogP contribution in [0.3, 0.4) is 0 Å². The van der Waals surface area contributed by atoms with E-state index >= 15 is 0 Å². The van der Waals surface area contributed by atoms with Gasteiger partial charge in [0.25, 0.3) is 0 Å². The molecule has 1 N–H and O–H groups in total. The number of hydrogen-bond donors (Lipinski definition) is 1. The molecule has 0 radical (unpaired) electrons. The van der Waals surface area contributed by atoms with Crippen LogP contribution in [0.4, 0.5) is 5.69 Å². The smallest absolute Gasteiger partial charge is 0.0992 e. The van der Waals surface area contributed by atoms with Gasteiger partial charge in [-0.15, -0.1) is 0 Å². The maximum atomic E-state index is 8.85. The molecule has 90 valence electrons. The highest BCUT2D eigenvalue weighted by Gasteiger charge is 2.21. The molecule has 3 nitrogen and oxygen atoms in total. The summed E-state index contributed by atoms with van der Waals surface area (Å²) in [7, 11) is 1.78. The molecule has 0 aromatic heterocycles. The van der Waals surface area contributed by atoms with Crippen molar-refractivity contribution in [2.45, 2.75) is 37.8 Å². The molecular formula is C14H18N2O. The Morgan fingerprint density at radius 3 is 3.06 bits per heavy atom. The number of hydrogen-bond acceptors (Lipinski definition) is 3. The minimum Gasteiger partial charge on any atom is -0.382 e. The highest BCUT2D eigenvalue weighted by Crippen LogP contribution is 2.24. The van der Waals surface area contributed by atoms with Crippen molar-refractivity contribution in [2.75, 3.05) is 12.4 Å². The number of rotatable bonds is 3. The maximum Gasteiger partial charge on any atom is 0.0992 e. The van der Waals surface area contributed by atoms with E-state index in [0.29, 0.717) is 17.7 Å². The molecule has 0 heterocycles. The van der Waals surface area contributed by atoms with Gasteiger partial charge in [0.1, 0.15) is 0 Å². The molecule has 17 heavy (non-hydrogen) atoms. The normalized spacial score (nSPS) is 24.0. The Labute approximate surface area is 102 Å². The van der Waals surface area contributed by atoms with E-state index in [1.54, 1.807) is 7.11 Å². The molecule has 2 unspecified atom stereocenters. The molecule has 0 aliphatic heterocycles. The summed E-state index contributed by atoms with van der Waals surface area (Å²) in [4.78, 5) is 0. The Morgan fingerprint density at radius 2 is 2.29 bits per heavy atom. The summed E-state index contributed by atoms with van der Waals surface area (Å²) in [5.74, 6) is 0. The van der Waals surface area contributed by atoms with Crippen molar-refractivity contribution in [1.29, 1.82) is 5.26 Å². The summed E-state index contributed by atoms with van der Waals surface area (Å²) in [6, 6.07) is 10.3. The standard InChI is InChI=1S/C14H18N2O/c1-17-14-7-3-6-13(9-14)16-12-5-2-4-11(8-12)10-15/h2,4-5,8,13-14,16H,3,6-7,9H2,1H3. The van der Waals surface area contributed by atoms with Gasteiger partial charge in [0.15, 0.2) is 0 Å². The number of nitrogens with zero attached hydrogens (tertiary/aromatic N) is 1. The first-order chi connectivity index (χ1) is 8.31. The Kier molecular flexibility index (Phi) is 4.00. The molecule has 1 aliphatic rings. The molecule has 0 amide bonds. The molecule has 3 heteroatoms. The number of nitriles is 1. The van der Waals surface area contributed by atoms with Crippen LogP contribution in [-0.2, 0) is 4.74 Å². The van der Waals surface area contributed by atoms with Crippen LogP contribution in [0.15, 0.2) is 24.3 Å². The van der Waals surface area contributed by atoms with Gasteiger partial charge in [-0.05, 0) is 43.9 Å². The van der Waals surface area contributed by atoms with E-state index in [1.165, 1.54) is 12.8 Å². The number of anilines is 1. The fourth-order valence-corrected chi connectivity index (χ4v) is 2.40. The van der Waals surface area contributed by atoms with Crippen LogP contribution in [-0.4, -0.2) is 19.3 Å². The van der Waals surface area contributed by atoms with Gasteiger partial charge in [-0.25, -0.2) is 0 Å². The zero-order valence-corrected chi connectivity index (χ0v) is 10.1. The maximum absolute atomic E-state index is 8.85. The molecule has 1 saturated carbocycles. The van der Waals surface area contributed by atoms with Gasteiger partial charge in [0.2, 0.25) is 0 Å². The molecule has 0 spiro atoms. The van der Waals surface area contributed by atoms with E-state index in [9.17, 15) is 0 Å². The zero-order chi connectivity index (χ0) is 12.1. The molecule has 0 bridgehead atoms. The van der Waals surface area contributed by atoms with Crippen LogP contribution in [0, 0.1) is 11.3 Å². The second-order valence-corrected chi connectivity index (χ2v) is 4.56. The first-order valence-electron chi connectivity index (χ1n) is 6.11. The van der Waals surface area contributed by atoms with Gasteiger partial charge in [-0.3, -0.25) is 0 Å². The van der Waals surface area contributed by atoms with Crippen LogP contribution < -0.4 is 5.32 Å². The van der Waals surface area contributed by atoms with E-state index < -0.39 is 0 Å². The van der Waals surface area contributed by atoms with Gasteiger partial charge >= 0.3 is 0 Å². The van der Waals surface area contributed by atoms with Gasteiger partial charge in [-0.1, -0.05) is 6.07 Å². The molecule has 1 aromatic carbocycles. The lowest BCUT2D eigenvalue weighted by atomic mass is 9.92.